The quantitative estimate of drug-likeness (QED) is 0.835. The minimum atomic E-state index is -0.522. The van der Waals surface area contributed by atoms with Crippen molar-refractivity contribution in [2.24, 2.45) is 5.92 Å². The van der Waals surface area contributed by atoms with Gasteiger partial charge in [0, 0.05) is 6.54 Å². The van der Waals surface area contributed by atoms with Crippen molar-refractivity contribution in [1.82, 2.24) is 5.32 Å². The summed E-state index contributed by atoms with van der Waals surface area (Å²) in [6.07, 6.45) is 1.75. The van der Waals surface area contributed by atoms with Crippen LogP contribution in [-0.4, -0.2) is 19.0 Å². The Balaban J connectivity index is 2.08. The topological polar surface area (TPSA) is 64.9 Å². The molecule has 1 atom stereocenters. The minimum Gasteiger partial charge on any atom is -0.323 e. The lowest BCUT2D eigenvalue weighted by molar-refractivity contribution is -0.120. The van der Waals surface area contributed by atoms with Crippen LogP contribution >= 0.6 is 0 Å². The van der Waals surface area contributed by atoms with E-state index in [4.69, 9.17) is 5.26 Å². The van der Waals surface area contributed by atoms with Crippen molar-refractivity contribution in [3.05, 3.63) is 29.6 Å². The summed E-state index contributed by atoms with van der Waals surface area (Å²) >= 11 is 0. The SMILES string of the molecule is N#Cc1ccc(F)c(NC(=O)C2CCCNC2)c1. The molecule has 4 nitrogen and oxygen atoms in total. The number of halogens is 1. The highest BCUT2D eigenvalue weighted by atomic mass is 19.1. The molecule has 0 spiro atoms. The van der Waals surface area contributed by atoms with Gasteiger partial charge in [-0.15, -0.1) is 0 Å². The molecule has 0 bridgehead atoms. The Labute approximate surface area is 105 Å². The van der Waals surface area contributed by atoms with Crippen LogP contribution in [0.1, 0.15) is 18.4 Å². The molecule has 1 saturated heterocycles. The van der Waals surface area contributed by atoms with Crippen LogP contribution in [0.15, 0.2) is 18.2 Å². The molecule has 1 amide bonds. The summed E-state index contributed by atoms with van der Waals surface area (Å²) in [5, 5.41) is 14.4. The van der Waals surface area contributed by atoms with E-state index in [1.165, 1.54) is 18.2 Å². The van der Waals surface area contributed by atoms with Crippen LogP contribution in [0.3, 0.4) is 0 Å². The predicted molar refractivity (Wildman–Crippen MR) is 65.3 cm³/mol. The summed E-state index contributed by atoms with van der Waals surface area (Å²) in [4.78, 5) is 11.9. The van der Waals surface area contributed by atoms with E-state index < -0.39 is 5.82 Å². The number of nitriles is 1. The molecule has 2 N–H and O–H groups in total. The van der Waals surface area contributed by atoms with E-state index in [0.717, 1.165) is 19.4 Å². The van der Waals surface area contributed by atoms with Crippen molar-refractivity contribution in [2.75, 3.05) is 18.4 Å². The van der Waals surface area contributed by atoms with E-state index in [1.54, 1.807) is 0 Å². The van der Waals surface area contributed by atoms with Crippen molar-refractivity contribution in [2.45, 2.75) is 12.8 Å². The third-order valence-electron chi connectivity index (χ3n) is 3.02. The first-order chi connectivity index (χ1) is 8.70. The summed E-state index contributed by atoms with van der Waals surface area (Å²) < 4.78 is 13.5. The maximum absolute atomic E-state index is 13.5. The molecular formula is C13H14FN3O. The Bertz CT molecular complexity index is 489. The smallest absolute Gasteiger partial charge is 0.228 e. The van der Waals surface area contributed by atoms with E-state index in [0.29, 0.717) is 12.1 Å². The molecule has 94 valence electrons. The van der Waals surface area contributed by atoms with Gasteiger partial charge in [0.15, 0.2) is 0 Å². The molecule has 1 unspecified atom stereocenters. The zero-order valence-corrected chi connectivity index (χ0v) is 9.87. The third-order valence-corrected chi connectivity index (χ3v) is 3.02. The largest absolute Gasteiger partial charge is 0.323 e. The number of nitrogens with one attached hydrogen (secondary N) is 2. The van der Waals surface area contributed by atoms with Gasteiger partial charge < -0.3 is 10.6 Å². The highest BCUT2D eigenvalue weighted by Gasteiger charge is 2.21. The number of nitrogens with zero attached hydrogens (tertiary/aromatic N) is 1. The van der Waals surface area contributed by atoms with Crippen LogP contribution in [0.2, 0.25) is 0 Å². The minimum absolute atomic E-state index is 0.0737. The molecule has 1 fully saturated rings. The Morgan fingerprint density at radius 3 is 3.06 bits per heavy atom. The molecule has 0 aliphatic carbocycles. The number of piperidine rings is 1. The average molecular weight is 247 g/mol. The fourth-order valence-electron chi connectivity index (χ4n) is 2.00. The third kappa shape index (κ3) is 2.84. The van der Waals surface area contributed by atoms with Gasteiger partial charge >= 0.3 is 0 Å². The molecule has 0 radical (unpaired) electrons. The second kappa shape index (κ2) is 5.61. The fourth-order valence-corrected chi connectivity index (χ4v) is 2.00. The summed E-state index contributed by atoms with van der Waals surface area (Å²) in [6.45, 7) is 1.54. The molecule has 1 aliphatic rings. The second-order valence-corrected chi connectivity index (χ2v) is 4.34. The van der Waals surface area contributed by atoms with E-state index in [-0.39, 0.29) is 17.5 Å². The lowest BCUT2D eigenvalue weighted by Crippen LogP contribution is -2.37. The zero-order chi connectivity index (χ0) is 13.0. The molecule has 5 heteroatoms. The van der Waals surface area contributed by atoms with E-state index in [1.807, 2.05) is 6.07 Å². The molecular weight excluding hydrogens is 233 g/mol. The molecule has 18 heavy (non-hydrogen) atoms. The van der Waals surface area contributed by atoms with Gasteiger partial charge in [0.25, 0.3) is 0 Å². The first kappa shape index (κ1) is 12.5. The van der Waals surface area contributed by atoms with Gasteiger partial charge in [0.2, 0.25) is 5.91 Å². The van der Waals surface area contributed by atoms with Crippen LogP contribution in [-0.2, 0) is 4.79 Å². The maximum atomic E-state index is 13.5. The lowest BCUT2D eigenvalue weighted by Gasteiger charge is -2.22. The highest BCUT2D eigenvalue weighted by Crippen LogP contribution is 2.18. The average Bonchev–Trinajstić information content (AvgIpc) is 2.42. The number of anilines is 1. The standard InChI is InChI=1S/C13H14FN3O/c14-11-4-3-9(7-15)6-12(11)17-13(18)10-2-1-5-16-8-10/h3-4,6,10,16H,1-2,5,8H2,(H,17,18). The highest BCUT2D eigenvalue weighted by molar-refractivity contribution is 5.93. The van der Waals surface area contributed by atoms with Crippen molar-refractivity contribution >= 4 is 11.6 Å². The van der Waals surface area contributed by atoms with Gasteiger partial charge in [-0.1, -0.05) is 0 Å². The van der Waals surface area contributed by atoms with Gasteiger partial charge in [0.1, 0.15) is 5.82 Å². The lowest BCUT2D eigenvalue weighted by atomic mass is 9.98. The van der Waals surface area contributed by atoms with Gasteiger partial charge in [-0.2, -0.15) is 5.26 Å². The Morgan fingerprint density at radius 2 is 2.39 bits per heavy atom. The molecule has 1 heterocycles. The molecule has 1 aromatic rings. The number of carbonyl (C=O) groups is 1. The van der Waals surface area contributed by atoms with E-state index in [9.17, 15) is 9.18 Å². The summed E-state index contributed by atoms with van der Waals surface area (Å²) in [7, 11) is 0. The van der Waals surface area contributed by atoms with E-state index in [2.05, 4.69) is 10.6 Å². The fraction of sp³-hybridized carbons (Fsp3) is 0.385. The summed E-state index contributed by atoms with van der Waals surface area (Å²) in [5.41, 5.74) is 0.401. The second-order valence-electron chi connectivity index (χ2n) is 4.34. The first-order valence-corrected chi connectivity index (χ1v) is 5.92. The predicted octanol–water partition coefficient (Wildman–Crippen LogP) is 1.64. The van der Waals surface area contributed by atoms with Gasteiger partial charge in [-0.3, -0.25) is 4.79 Å². The summed E-state index contributed by atoms with van der Waals surface area (Å²) in [6, 6.07) is 5.84. The van der Waals surface area contributed by atoms with Crippen LogP contribution in [0.4, 0.5) is 10.1 Å². The summed E-state index contributed by atoms with van der Waals surface area (Å²) in [5.74, 6) is -0.855. The molecule has 0 saturated carbocycles. The number of benzene rings is 1. The molecule has 0 aromatic heterocycles. The molecule has 1 aromatic carbocycles. The van der Waals surface area contributed by atoms with Crippen molar-refractivity contribution in [3.63, 3.8) is 0 Å². The number of amides is 1. The van der Waals surface area contributed by atoms with Gasteiger partial charge in [-0.05, 0) is 37.6 Å². The maximum Gasteiger partial charge on any atom is 0.228 e. The molecule has 1 aliphatic heterocycles. The Hall–Kier alpha value is -1.93. The van der Waals surface area contributed by atoms with Crippen molar-refractivity contribution in [1.29, 1.82) is 5.26 Å². The van der Waals surface area contributed by atoms with Crippen molar-refractivity contribution < 1.29 is 9.18 Å². The Kier molecular flexibility index (Phi) is 3.90. The van der Waals surface area contributed by atoms with Gasteiger partial charge in [-0.25, -0.2) is 4.39 Å². The molecule has 2 rings (SSSR count). The first-order valence-electron chi connectivity index (χ1n) is 5.92. The number of carbonyl (C=O) groups excluding carboxylic acids is 1. The van der Waals surface area contributed by atoms with Crippen LogP contribution in [0.25, 0.3) is 0 Å². The monoisotopic (exact) mass is 247 g/mol. The van der Waals surface area contributed by atoms with Crippen LogP contribution < -0.4 is 10.6 Å². The number of rotatable bonds is 2. The van der Waals surface area contributed by atoms with E-state index >= 15 is 0 Å². The Morgan fingerprint density at radius 1 is 1.56 bits per heavy atom. The van der Waals surface area contributed by atoms with Crippen molar-refractivity contribution in [3.8, 4) is 6.07 Å². The zero-order valence-electron chi connectivity index (χ0n) is 9.87. The number of hydrogen-bond donors (Lipinski definition) is 2. The normalized spacial score (nSPS) is 19.0. The van der Waals surface area contributed by atoms with Crippen LogP contribution in [0, 0.1) is 23.1 Å². The van der Waals surface area contributed by atoms with Crippen LogP contribution in [0.5, 0.6) is 0 Å². The number of hydrogen-bond acceptors (Lipinski definition) is 3. The van der Waals surface area contributed by atoms with Gasteiger partial charge in [0.05, 0.1) is 23.2 Å².